The van der Waals surface area contributed by atoms with Crippen LogP contribution >= 0.6 is 23.4 Å². The van der Waals surface area contributed by atoms with E-state index in [0.717, 1.165) is 35.0 Å². The first-order chi connectivity index (χ1) is 17.4. The normalized spacial score (nSPS) is 12.0. The van der Waals surface area contributed by atoms with Crippen LogP contribution in [0.15, 0.2) is 47.6 Å². The van der Waals surface area contributed by atoms with Gasteiger partial charge in [0.15, 0.2) is 11.0 Å². The van der Waals surface area contributed by atoms with Crippen LogP contribution in [0.4, 0.5) is 0 Å². The minimum atomic E-state index is -0.277. The molecule has 1 aromatic heterocycles. The van der Waals surface area contributed by atoms with Crippen LogP contribution in [0.2, 0.25) is 5.02 Å². The van der Waals surface area contributed by atoms with E-state index in [2.05, 4.69) is 60.6 Å². The van der Waals surface area contributed by atoms with Crippen molar-refractivity contribution in [2.45, 2.75) is 96.0 Å². The molecule has 0 saturated heterocycles. The van der Waals surface area contributed by atoms with Crippen molar-refractivity contribution < 1.29 is 4.79 Å². The number of halogens is 1. The molecule has 3 aromatic rings. The largest absolute Gasteiger partial charge is 0.346 e. The summed E-state index contributed by atoms with van der Waals surface area (Å²) < 4.78 is 2.04. The number of hydrogen-bond acceptors (Lipinski definition) is 4. The molecule has 0 spiro atoms. The average Bonchev–Trinajstić information content (AvgIpc) is 3.28. The summed E-state index contributed by atoms with van der Waals surface area (Å²) in [5.74, 6) is 1.55. The maximum absolute atomic E-state index is 12.7. The Morgan fingerprint density at radius 2 is 1.72 bits per heavy atom. The van der Waals surface area contributed by atoms with Gasteiger partial charge in [-0.3, -0.25) is 9.36 Å². The molecule has 0 aliphatic heterocycles. The topological polar surface area (TPSA) is 59.8 Å². The van der Waals surface area contributed by atoms with Gasteiger partial charge in [0.25, 0.3) is 0 Å². The molecule has 1 unspecified atom stereocenters. The summed E-state index contributed by atoms with van der Waals surface area (Å²) in [5.41, 5.74) is 4.52. The average molecular weight is 527 g/mol. The Hall–Kier alpha value is -2.31. The lowest BCUT2D eigenvalue weighted by Gasteiger charge is -2.18. The van der Waals surface area contributed by atoms with Crippen LogP contribution < -0.4 is 5.32 Å². The van der Waals surface area contributed by atoms with Gasteiger partial charge < -0.3 is 5.32 Å². The van der Waals surface area contributed by atoms with Crippen molar-refractivity contribution in [2.24, 2.45) is 0 Å². The second-order valence-corrected chi connectivity index (χ2v) is 10.9. The predicted octanol–water partition coefficient (Wildman–Crippen LogP) is 8.15. The molecule has 3 rings (SSSR count). The molecule has 1 amide bonds. The number of benzene rings is 2. The number of carbonyl (C=O) groups excluding carboxylic acids is 1. The Bertz CT molecular complexity index is 1130. The van der Waals surface area contributed by atoms with Crippen molar-refractivity contribution in [1.82, 2.24) is 20.1 Å². The van der Waals surface area contributed by atoms with E-state index in [1.54, 1.807) is 11.8 Å². The molecule has 1 N–H and O–H groups in total. The van der Waals surface area contributed by atoms with Gasteiger partial charge in [-0.25, -0.2) is 0 Å². The highest BCUT2D eigenvalue weighted by atomic mass is 35.5. The number of unbranched alkanes of at least 4 members (excludes halogenated alkanes) is 6. The van der Waals surface area contributed by atoms with Gasteiger partial charge in [-0.15, -0.1) is 10.2 Å². The number of aromatic nitrogens is 3. The van der Waals surface area contributed by atoms with E-state index in [1.165, 1.54) is 43.2 Å². The zero-order chi connectivity index (χ0) is 25.9. The van der Waals surface area contributed by atoms with Crippen molar-refractivity contribution >= 4 is 29.3 Å². The first-order valence-corrected chi connectivity index (χ1v) is 14.5. The number of amides is 1. The van der Waals surface area contributed by atoms with Crippen LogP contribution in [0.25, 0.3) is 5.69 Å². The Balaban J connectivity index is 1.72. The van der Waals surface area contributed by atoms with E-state index < -0.39 is 0 Å². The van der Waals surface area contributed by atoms with Crippen LogP contribution in [-0.2, 0) is 10.5 Å². The highest BCUT2D eigenvalue weighted by molar-refractivity contribution is 7.98. The molecule has 7 heteroatoms. The summed E-state index contributed by atoms with van der Waals surface area (Å²) in [6, 6.07) is 13.9. The van der Waals surface area contributed by atoms with E-state index >= 15 is 0 Å². The summed E-state index contributed by atoms with van der Waals surface area (Å²) in [6.07, 6.45) is 8.87. The summed E-state index contributed by atoms with van der Waals surface area (Å²) in [7, 11) is 0. The number of nitrogens with one attached hydrogen (secondary N) is 1. The lowest BCUT2D eigenvalue weighted by Crippen LogP contribution is -2.28. The Labute approximate surface area is 225 Å². The molecule has 0 radical (unpaired) electrons. The van der Waals surface area contributed by atoms with E-state index in [1.807, 2.05) is 29.7 Å². The summed E-state index contributed by atoms with van der Waals surface area (Å²) in [5, 5.41) is 13.6. The standard InChI is InChI=1S/C29H39ClN4OS/c1-5-6-7-8-9-10-11-16-27(35)31-23(4)28-32-33-29(36-20-24-15-13-12-14-21(24)2)34(28)26-19-25(30)18-17-22(26)3/h12-15,17-19,23H,5-11,16,20H2,1-4H3,(H,31,35). The molecule has 0 aliphatic carbocycles. The monoisotopic (exact) mass is 526 g/mol. The fourth-order valence-electron chi connectivity index (χ4n) is 4.24. The van der Waals surface area contributed by atoms with Crippen molar-refractivity contribution in [1.29, 1.82) is 0 Å². The zero-order valence-corrected chi connectivity index (χ0v) is 23.6. The Kier molecular flexibility index (Phi) is 11.3. The molecular weight excluding hydrogens is 488 g/mol. The van der Waals surface area contributed by atoms with Crippen LogP contribution in [0, 0.1) is 13.8 Å². The van der Waals surface area contributed by atoms with E-state index in [9.17, 15) is 4.79 Å². The van der Waals surface area contributed by atoms with Crippen LogP contribution in [0.1, 0.15) is 93.8 Å². The maximum Gasteiger partial charge on any atom is 0.220 e. The van der Waals surface area contributed by atoms with Gasteiger partial charge in [-0.2, -0.15) is 0 Å². The number of nitrogens with zero attached hydrogens (tertiary/aromatic N) is 3. The molecule has 5 nitrogen and oxygen atoms in total. The first-order valence-electron chi connectivity index (χ1n) is 13.1. The van der Waals surface area contributed by atoms with Gasteiger partial charge in [0.2, 0.25) is 5.91 Å². The fourth-order valence-corrected chi connectivity index (χ4v) is 5.43. The molecule has 0 fully saturated rings. The number of hydrogen-bond donors (Lipinski definition) is 1. The molecule has 194 valence electrons. The van der Waals surface area contributed by atoms with Gasteiger partial charge in [-0.1, -0.05) is 99.1 Å². The second-order valence-electron chi connectivity index (χ2n) is 9.48. The lowest BCUT2D eigenvalue weighted by molar-refractivity contribution is -0.121. The van der Waals surface area contributed by atoms with Gasteiger partial charge in [0, 0.05) is 17.2 Å². The minimum absolute atomic E-state index is 0.0579. The zero-order valence-electron chi connectivity index (χ0n) is 22.0. The predicted molar refractivity (Wildman–Crippen MR) is 151 cm³/mol. The van der Waals surface area contributed by atoms with Crippen molar-refractivity contribution in [3.05, 3.63) is 70.0 Å². The van der Waals surface area contributed by atoms with E-state index in [-0.39, 0.29) is 11.9 Å². The lowest BCUT2D eigenvalue weighted by atomic mass is 10.1. The van der Waals surface area contributed by atoms with E-state index in [0.29, 0.717) is 17.3 Å². The molecule has 1 atom stereocenters. The quantitative estimate of drug-likeness (QED) is 0.170. The van der Waals surface area contributed by atoms with E-state index in [4.69, 9.17) is 11.6 Å². The molecule has 1 heterocycles. The third-order valence-electron chi connectivity index (χ3n) is 6.46. The maximum atomic E-state index is 12.7. The summed E-state index contributed by atoms with van der Waals surface area (Å²) in [6.45, 7) is 8.37. The highest BCUT2D eigenvalue weighted by Crippen LogP contribution is 2.31. The third kappa shape index (κ3) is 8.10. The van der Waals surface area contributed by atoms with Crippen molar-refractivity contribution in [3.8, 4) is 5.69 Å². The Morgan fingerprint density at radius 1 is 1.00 bits per heavy atom. The number of carbonyl (C=O) groups is 1. The number of rotatable bonds is 14. The summed E-state index contributed by atoms with van der Waals surface area (Å²) in [4.78, 5) is 12.7. The number of thioether (sulfide) groups is 1. The van der Waals surface area contributed by atoms with Gasteiger partial charge >= 0.3 is 0 Å². The highest BCUT2D eigenvalue weighted by Gasteiger charge is 2.22. The Morgan fingerprint density at radius 3 is 2.47 bits per heavy atom. The van der Waals surface area contributed by atoms with Crippen molar-refractivity contribution in [2.75, 3.05) is 0 Å². The minimum Gasteiger partial charge on any atom is -0.346 e. The molecule has 0 aliphatic rings. The fraction of sp³-hybridized carbons (Fsp3) is 0.483. The smallest absolute Gasteiger partial charge is 0.220 e. The van der Waals surface area contributed by atoms with Gasteiger partial charge in [0.1, 0.15) is 0 Å². The third-order valence-corrected chi connectivity index (χ3v) is 7.67. The van der Waals surface area contributed by atoms with Crippen LogP contribution in [0.5, 0.6) is 0 Å². The van der Waals surface area contributed by atoms with Gasteiger partial charge in [-0.05, 0) is 56.0 Å². The molecule has 2 aromatic carbocycles. The summed E-state index contributed by atoms with van der Waals surface area (Å²) >= 11 is 8.02. The second kappa shape index (κ2) is 14.4. The van der Waals surface area contributed by atoms with Crippen LogP contribution in [0.3, 0.4) is 0 Å². The van der Waals surface area contributed by atoms with Gasteiger partial charge in [0.05, 0.1) is 11.7 Å². The van der Waals surface area contributed by atoms with Crippen molar-refractivity contribution in [3.63, 3.8) is 0 Å². The molecule has 0 saturated carbocycles. The first kappa shape index (κ1) is 28.3. The number of aryl methyl sites for hydroxylation is 2. The molecular formula is C29H39ClN4OS. The molecule has 36 heavy (non-hydrogen) atoms. The van der Waals surface area contributed by atoms with Crippen LogP contribution in [-0.4, -0.2) is 20.7 Å². The molecule has 0 bridgehead atoms. The SMILES string of the molecule is CCCCCCCCCC(=O)NC(C)c1nnc(SCc2ccccc2C)n1-c1cc(Cl)ccc1C.